The van der Waals surface area contributed by atoms with E-state index in [1.807, 2.05) is 0 Å². The number of rotatable bonds is 0. The van der Waals surface area contributed by atoms with Crippen molar-refractivity contribution in [1.82, 2.24) is 4.98 Å². The molecule has 0 saturated carbocycles. The molecule has 1 aromatic carbocycles. The number of benzene rings is 1. The van der Waals surface area contributed by atoms with E-state index in [2.05, 4.69) is 4.98 Å². The minimum Gasteiger partial charge on any atom is -0.424 e. The van der Waals surface area contributed by atoms with Gasteiger partial charge < -0.3 is 10.2 Å². The summed E-state index contributed by atoms with van der Waals surface area (Å²) in [4.78, 5) is 3.65. The number of aromatic nitrogens is 1. The maximum absolute atomic E-state index is 12.8. The second-order valence-electron chi connectivity index (χ2n) is 2.14. The highest BCUT2D eigenvalue weighted by Gasteiger charge is 2.05. The first kappa shape index (κ1) is 6.15. The summed E-state index contributed by atoms with van der Waals surface area (Å²) in [7, 11) is 0. The number of nitrogens with zero attached hydrogens (tertiary/aromatic N) is 1. The van der Waals surface area contributed by atoms with E-state index in [-0.39, 0.29) is 11.5 Å². The summed E-state index contributed by atoms with van der Waals surface area (Å²) >= 11 is 0. The van der Waals surface area contributed by atoms with E-state index >= 15 is 0 Å². The Kier molecular flexibility index (Phi) is 1.09. The lowest BCUT2D eigenvalue weighted by Crippen LogP contribution is -1.81. The lowest BCUT2D eigenvalue weighted by molar-refractivity contribution is 0.622. The van der Waals surface area contributed by atoms with E-state index in [1.165, 1.54) is 6.07 Å². The average molecular weight is 152 g/mol. The van der Waals surface area contributed by atoms with Gasteiger partial charge in [0.1, 0.15) is 5.52 Å². The number of para-hydroxylation sites is 1. The first-order valence-electron chi connectivity index (χ1n) is 3.08. The molecule has 1 aromatic heterocycles. The SMILES string of the molecule is Nc1nc2c(F)cccc2o1. The van der Waals surface area contributed by atoms with Gasteiger partial charge in [-0.1, -0.05) is 6.07 Å². The Morgan fingerprint density at radius 3 is 3.00 bits per heavy atom. The summed E-state index contributed by atoms with van der Waals surface area (Å²) in [5.41, 5.74) is 5.78. The van der Waals surface area contributed by atoms with Gasteiger partial charge >= 0.3 is 0 Å². The van der Waals surface area contributed by atoms with Crippen molar-refractivity contribution in [2.75, 3.05) is 5.73 Å². The zero-order valence-electron chi connectivity index (χ0n) is 5.54. The lowest BCUT2D eigenvalue weighted by atomic mass is 10.3. The van der Waals surface area contributed by atoms with Gasteiger partial charge in [-0.15, -0.1) is 0 Å². The normalized spacial score (nSPS) is 10.6. The third-order valence-electron chi connectivity index (χ3n) is 1.39. The Hall–Kier alpha value is -1.58. The molecule has 0 bridgehead atoms. The standard InChI is InChI=1S/C7H5FN2O/c8-4-2-1-3-5-6(4)10-7(9)11-5/h1-3H,(H2,9,10). The molecule has 0 aliphatic carbocycles. The molecule has 56 valence electrons. The van der Waals surface area contributed by atoms with Gasteiger partial charge in [-0.05, 0) is 12.1 Å². The topological polar surface area (TPSA) is 52.0 Å². The first-order valence-corrected chi connectivity index (χ1v) is 3.08. The lowest BCUT2D eigenvalue weighted by Gasteiger charge is -1.84. The highest BCUT2D eigenvalue weighted by molar-refractivity contribution is 5.74. The number of nitrogens with two attached hydrogens (primary N) is 1. The molecule has 4 heteroatoms. The molecule has 0 unspecified atom stereocenters. The molecule has 1 heterocycles. The molecule has 0 fully saturated rings. The van der Waals surface area contributed by atoms with Gasteiger partial charge in [-0.25, -0.2) is 4.39 Å². The van der Waals surface area contributed by atoms with Crippen LogP contribution in [0.5, 0.6) is 0 Å². The fraction of sp³-hybridized carbons (Fsp3) is 0. The van der Waals surface area contributed by atoms with Gasteiger partial charge in [0.05, 0.1) is 0 Å². The van der Waals surface area contributed by atoms with Crippen LogP contribution in [0.1, 0.15) is 0 Å². The summed E-state index contributed by atoms with van der Waals surface area (Å²) in [6, 6.07) is 4.46. The molecule has 3 nitrogen and oxygen atoms in total. The monoisotopic (exact) mass is 152 g/mol. The van der Waals surface area contributed by atoms with Crippen molar-refractivity contribution in [2.24, 2.45) is 0 Å². The maximum Gasteiger partial charge on any atom is 0.293 e. The summed E-state index contributed by atoms with van der Waals surface area (Å²) in [6.07, 6.45) is 0. The van der Waals surface area contributed by atoms with Crippen LogP contribution in [0, 0.1) is 5.82 Å². The Morgan fingerprint density at radius 1 is 1.45 bits per heavy atom. The fourth-order valence-electron chi connectivity index (χ4n) is 0.932. The smallest absolute Gasteiger partial charge is 0.293 e. The summed E-state index contributed by atoms with van der Waals surface area (Å²) in [6.45, 7) is 0. The number of oxazole rings is 1. The summed E-state index contributed by atoms with van der Waals surface area (Å²) in [5.74, 6) is -0.414. The number of nitrogen functional groups attached to an aromatic ring is 1. The Balaban J connectivity index is 2.90. The van der Waals surface area contributed by atoms with Gasteiger partial charge in [0, 0.05) is 0 Å². The Morgan fingerprint density at radius 2 is 2.27 bits per heavy atom. The van der Waals surface area contributed by atoms with E-state index in [0.29, 0.717) is 5.58 Å². The number of halogens is 1. The third kappa shape index (κ3) is 0.832. The van der Waals surface area contributed by atoms with E-state index in [9.17, 15) is 4.39 Å². The molecular formula is C7H5FN2O. The minimum absolute atomic E-state index is 0.00917. The van der Waals surface area contributed by atoms with E-state index in [4.69, 9.17) is 10.2 Å². The molecule has 2 rings (SSSR count). The first-order chi connectivity index (χ1) is 5.27. The van der Waals surface area contributed by atoms with Gasteiger partial charge in [0.15, 0.2) is 11.4 Å². The predicted octanol–water partition coefficient (Wildman–Crippen LogP) is 1.55. The van der Waals surface area contributed by atoms with Crippen LogP contribution < -0.4 is 5.73 Å². The fourth-order valence-corrected chi connectivity index (χ4v) is 0.932. The molecule has 11 heavy (non-hydrogen) atoms. The van der Waals surface area contributed by atoms with E-state index < -0.39 is 5.82 Å². The number of fused-ring (bicyclic) bond motifs is 1. The van der Waals surface area contributed by atoms with Gasteiger partial charge in [0.25, 0.3) is 6.01 Å². The number of hydrogen-bond donors (Lipinski definition) is 1. The molecule has 0 spiro atoms. The molecule has 0 radical (unpaired) electrons. The van der Waals surface area contributed by atoms with E-state index in [0.717, 1.165) is 0 Å². The molecule has 2 aromatic rings. The molecule has 0 aliphatic heterocycles. The molecule has 0 aliphatic rings. The van der Waals surface area contributed by atoms with Crippen LogP contribution in [0.25, 0.3) is 11.1 Å². The van der Waals surface area contributed by atoms with Crippen molar-refractivity contribution >= 4 is 17.1 Å². The van der Waals surface area contributed by atoms with Crippen molar-refractivity contribution in [2.45, 2.75) is 0 Å². The molecule has 2 N–H and O–H groups in total. The number of anilines is 1. The van der Waals surface area contributed by atoms with Crippen LogP contribution in [-0.2, 0) is 0 Å². The summed E-state index contributed by atoms with van der Waals surface area (Å²) in [5, 5.41) is 0. The minimum atomic E-state index is -0.414. The predicted molar refractivity (Wildman–Crippen MR) is 38.4 cm³/mol. The second-order valence-corrected chi connectivity index (χ2v) is 2.14. The Labute approximate surface area is 61.6 Å². The van der Waals surface area contributed by atoms with Crippen LogP contribution in [0.15, 0.2) is 22.6 Å². The zero-order chi connectivity index (χ0) is 7.84. The quantitative estimate of drug-likeness (QED) is 0.623. The number of hydrogen-bond acceptors (Lipinski definition) is 3. The van der Waals surface area contributed by atoms with Gasteiger partial charge in [0.2, 0.25) is 0 Å². The van der Waals surface area contributed by atoms with Crippen LogP contribution in [0.2, 0.25) is 0 Å². The van der Waals surface area contributed by atoms with Crippen LogP contribution in [-0.4, -0.2) is 4.98 Å². The van der Waals surface area contributed by atoms with Crippen LogP contribution in [0.3, 0.4) is 0 Å². The molecular weight excluding hydrogens is 147 g/mol. The largest absolute Gasteiger partial charge is 0.424 e. The van der Waals surface area contributed by atoms with Gasteiger partial charge in [-0.2, -0.15) is 4.98 Å². The molecule has 0 atom stereocenters. The van der Waals surface area contributed by atoms with Crippen molar-refractivity contribution in [3.8, 4) is 0 Å². The highest BCUT2D eigenvalue weighted by Crippen LogP contribution is 2.18. The summed E-state index contributed by atoms with van der Waals surface area (Å²) < 4.78 is 17.7. The third-order valence-corrected chi connectivity index (χ3v) is 1.39. The molecule has 0 saturated heterocycles. The van der Waals surface area contributed by atoms with Crippen molar-refractivity contribution in [1.29, 1.82) is 0 Å². The van der Waals surface area contributed by atoms with E-state index in [1.54, 1.807) is 12.1 Å². The van der Waals surface area contributed by atoms with Crippen LogP contribution >= 0.6 is 0 Å². The van der Waals surface area contributed by atoms with Crippen molar-refractivity contribution in [3.63, 3.8) is 0 Å². The molecule has 0 amide bonds. The van der Waals surface area contributed by atoms with Crippen LogP contribution in [0.4, 0.5) is 10.4 Å². The average Bonchev–Trinajstić information content (AvgIpc) is 2.31. The second kappa shape index (κ2) is 1.95. The maximum atomic E-state index is 12.8. The van der Waals surface area contributed by atoms with Gasteiger partial charge in [-0.3, -0.25) is 0 Å². The zero-order valence-corrected chi connectivity index (χ0v) is 5.54. The van der Waals surface area contributed by atoms with Crippen molar-refractivity contribution < 1.29 is 8.81 Å². The Bertz CT molecular complexity index is 396. The highest BCUT2D eigenvalue weighted by atomic mass is 19.1. The van der Waals surface area contributed by atoms with Crippen molar-refractivity contribution in [3.05, 3.63) is 24.0 Å².